The van der Waals surface area contributed by atoms with Crippen molar-refractivity contribution < 1.29 is 18.7 Å². The molecule has 1 N–H and O–H groups in total. The van der Waals surface area contributed by atoms with Gasteiger partial charge in [0.15, 0.2) is 11.5 Å². The number of benzene rings is 2. The molecule has 0 aliphatic carbocycles. The molecule has 29 heavy (non-hydrogen) atoms. The molecule has 142 valence electrons. The first-order valence-electron chi connectivity index (χ1n) is 8.96. The van der Waals surface area contributed by atoms with Crippen molar-refractivity contribution in [1.29, 1.82) is 0 Å². The number of rotatable bonds is 3. The zero-order valence-corrected chi connectivity index (χ0v) is 15.2. The minimum atomic E-state index is -0.363. The summed E-state index contributed by atoms with van der Waals surface area (Å²) in [5, 5.41) is 3.57. The predicted octanol–water partition coefficient (Wildman–Crippen LogP) is 4.04. The van der Waals surface area contributed by atoms with E-state index < -0.39 is 0 Å². The van der Waals surface area contributed by atoms with Crippen LogP contribution in [0.1, 0.15) is 10.4 Å². The lowest BCUT2D eigenvalue weighted by Gasteiger charge is -2.06. The van der Waals surface area contributed by atoms with Crippen molar-refractivity contribution in [2.24, 2.45) is 4.99 Å². The van der Waals surface area contributed by atoms with Crippen LogP contribution in [0.5, 0.6) is 11.5 Å². The van der Waals surface area contributed by atoms with Gasteiger partial charge in [0.1, 0.15) is 17.0 Å². The molecular weight excluding hydrogens is 370 g/mol. The van der Waals surface area contributed by atoms with E-state index >= 15 is 0 Å². The van der Waals surface area contributed by atoms with Crippen molar-refractivity contribution in [3.05, 3.63) is 84.0 Å². The number of carbonyl (C=O) groups excluding carboxylic acids is 1. The van der Waals surface area contributed by atoms with E-state index in [0.717, 1.165) is 5.39 Å². The van der Waals surface area contributed by atoms with Crippen LogP contribution in [0.2, 0.25) is 0 Å². The Kier molecular flexibility index (Phi) is 4.18. The van der Waals surface area contributed by atoms with Gasteiger partial charge in [-0.1, -0.05) is 24.3 Å². The van der Waals surface area contributed by atoms with E-state index in [0.29, 0.717) is 34.2 Å². The van der Waals surface area contributed by atoms with Crippen LogP contribution in [0.3, 0.4) is 0 Å². The molecular formula is C22H15N3O4. The normalized spacial score (nSPS) is 12.9. The number of nitrogens with zero attached hydrogens (tertiary/aromatic N) is 2. The highest BCUT2D eigenvalue weighted by Crippen LogP contribution is 2.35. The van der Waals surface area contributed by atoms with Crippen molar-refractivity contribution in [3.63, 3.8) is 0 Å². The number of ether oxygens (including phenoxy) is 2. The van der Waals surface area contributed by atoms with Crippen LogP contribution < -0.4 is 20.3 Å². The smallest absolute Gasteiger partial charge is 0.262 e. The monoisotopic (exact) mass is 385 g/mol. The van der Waals surface area contributed by atoms with E-state index in [1.807, 2.05) is 24.3 Å². The van der Waals surface area contributed by atoms with Crippen molar-refractivity contribution in [1.82, 2.24) is 4.98 Å². The fourth-order valence-corrected chi connectivity index (χ4v) is 3.01. The summed E-state index contributed by atoms with van der Waals surface area (Å²) < 4.78 is 16.7. The number of hydrogen-bond donors (Lipinski definition) is 1. The average Bonchev–Trinajstić information content (AvgIpc) is 3.22. The molecule has 1 aliphatic heterocycles. The van der Waals surface area contributed by atoms with Gasteiger partial charge in [-0.25, -0.2) is 9.98 Å². The lowest BCUT2D eigenvalue weighted by Crippen LogP contribution is -2.22. The molecule has 0 unspecified atom stereocenters. The molecule has 0 bridgehead atoms. The highest BCUT2D eigenvalue weighted by Gasteiger charge is 2.16. The topological polar surface area (TPSA) is 86.0 Å². The van der Waals surface area contributed by atoms with Crippen LogP contribution in [0, 0.1) is 0 Å². The average molecular weight is 385 g/mol. The van der Waals surface area contributed by atoms with Crippen LogP contribution in [-0.2, 0) is 0 Å². The van der Waals surface area contributed by atoms with Gasteiger partial charge in [-0.15, -0.1) is 0 Å². The SMILES string of the molecule is O=C(Nc1ccccn1)c1cc2ccccc2oc1=Nc1ccc2c(c1)OCO2. The van der Waals surface area contributed by atoms with Gasteiger partial charge in [-0.3, -0.25) is 4.79 Å². The third-order valence-corrected chi connectivity index (χ3v) is 4.39. The summed E-state index contributed by atoms with van der Waals surface area (Å²) in [4.78, 5) is 21.6. The minimum absolute atomic E-state index is 0.177. The minimum Gasteiger partial charge on any atom is -0.454 e. The number of hydrogen-bond acceptors (Lipinski definition) is 6. The number of fused-ring (bicyclic) bond motifs is 2. The first kappa shape index (κ1) is 17.0. The van der Waals surface area contributed by atoms with Gasteiger partial charge in [0.05, 0.1) is 5.69 Å². The fourth-order valence-electron chi connectivity index (χ4n) is 3.01. The zero-order chi connectivity index (χ0) is 19.6. The summed E-state index contributed by atoms with van der Waals surface area (Å²) in [5.41, 5.74) is 1.70. The van der Waals surface area contributed by atoms with E-state index in [1.54, 1.807) is 48.7 Å². The Labute approximate surface area is 165 Å². The van der Waals surface area contributed by atoms with Crippen molar-refractivity contribution in [3.8, 4) is 11.5 Å². The molecule has 4 aromatic rings. The van der Waals surface area contributed by atoms with Gasteiger partial charge in [0, 0.05) is 17.6 Å². The van der Waals surface area contributed by atoms with E-state index in [1.165, 1.54) is 0 Å². The number of nitrogens with one attached hydrogen (secondary N) is 1. The lowest BCUT2D eigenvalue weighted by molar-refractivity contribution is 0.102. The maximum atomic E-state index is 12.9. The van der Waals surface area contributed by atoms with E-state index in [2.05, 4.69) is 15.3 Å². The van der Waals surface area contributed by atoms with Crippen molar-refractivity contribution in [2.45, 2.75) is 0 Å². The summed E-state index contributed by atoms with van der Waals surface area (Å²) in [6.45, 7) is 0.177. The van der Waals surface area contributed by atoms with Gasteiger partial charge in [0.2, 0.25) is 12.3 Å². The van der Waals surface area contributed by atoms with Crippen molar-refractivity contribution in [2.75, 3.05) is 12.1 Å². The molecule has 0 saturated carbocycles. The van der Waals surface area contributed by atoms with Crippen LogP contribution in [0.25, 0.3) is 11.0 Å². The molecule has 1 amide bonds. The summed E-state index contributed by atoms with van der Waals surface area (Å²) in [7, 11) is 0. The van der Waals surface area contributed by atoms with E-state index in [4.69, 9.17) is 13.9 Å². The molecule has 0 fully saturated rings. The molecule has 7 nitrogen and oxygen atoms in total. The van der Waals surface area contributed by atoms with Crippen LogP contribution in [-0.4, -0.2) is 17.7 Å². The highest BCUT2D eigenvalue weighted by molar-refractivity contribution is 6.04. The second-order valence-electron chi connectivity index (χ2n) is 6.32. The Bertz CT molecular complexity index is 1280. The second kappa shape index (κ2) is 7.12. The highest BCUT2D eigenvalue weighted by atomic mass is 16.7. The quantitative estimate of drug-likeness (QED) is 0.575. The second-order valence-corrected chi connectivity index (χ2v) is 6.32. The van der Waals surface area contributed by atoms with Gasteiger partial charge in [-0.05, 0) is 36.4 Å². The van der Waals surface area contributed by atoms with Crippen molar-refractivity contribution >= 4 is 28.4 Å². The lowest BCUT2D eigenvalue weighted by atomic mass is 10.1. The Morgan fingerprint density at radius 3 is 2.72 bits per heavy atom. The maximum Gasteiger partial charge on any atom is 0.262 e. The Morgan fingerprint density at radius 2 is 1.83 bits per heavy atom. The number of anilines is 1. The summed E-state index contributed by atoms with van der Waals surface area (Å²) in [6, 6.07) is 19.8. The molecule has 0 saturated heterocycles. The van der Waals surface area contributed by atoms with Gasteiger partial charge in [-0.2, -0.15) is 0 Å². The summed E-state index contributed by atoms with van der Waals surface area (Å²) >= 11 is 0. The largest absolute Gasteiger partial charge is 0.454 e. The number of pyridine rings is 1. The Balaban J connectivity index is 1.63. The number of para-hydroxylation sites is 1. The van der Waals surface area contributed by atoms with E-state index in [-0.39, 0.29) is 18.3 Å². The fraction of sp³-hybridized carbons (Fsp3) is 0.0455. The maximum absolute atomic E-state index is 12.9. The van der Waals surface area contributed by atoms with Gasteiger partial charge < -0.3 is 19.2 Å². The third kappa shape index (κ3) is 3.41. The Morgan fingerprint density at radius 1 is 0.966 bits per heavy atom. The van der Waals surface area contributed by atoms with Crippen LogP contribution in [0.4, 0.5) is 11.5 Å². The molecule has 3 heterocycles. The Hall–Kier alpha value is -4.13. The standard InChI is InChI=1S/C22H15N3O4/c26-21(25-20-7-3-4-10-23-20)16-11-14-5-1-2-6-17(14)29-22(16)24-15-8-9-18-19(12-15)28-13-27-18/h1-12H,13H2,(H,23,25,26). The molecule has 2 aromatic heterocycles. The molecule has 0 spiro atoms. The zero-order valence-electron chi connectivity index (χ0n) is 15.2. The van der Waals surface area contributed by atoms with Gasteiger partial charge >= 0.3 is 0 Å². The molecule has 7 heteroatoms. The van der Waals surface area contributed by atoms with Crippen LogP contribution in [0.15, 0.2) is 82.3 Å². The first-order valence-corrected chi connectivity index (χ1v) is 8.96. The molecule has 2 aromatic carbocycles. The third-order valence-electron chi connectivity index (χ3n) is 4.39. The van der Waals surface area contributed by atoms with Crippen LogP contribution >= 0.6 is 0 Å². The molecule has 5 rings (SSSR count). The summed E-state index contributed by atoms with van der Waals surface area (Å²) in [6.07, 6.45) is 1.61. The van der Waals surface area contributed by atoms with Gasteiger partial charge in [0.25, 0.3) is 5.91 Å². The van der Waals surface area contributed by atoms with E-state index in [9.17, 15) is 4.79 Å². The number of amides is 1. The first-order chi connectivity index (χ1) is 14.3. The summed E-state index contributed by atoms with van der Waals surface area (Å²) in [5.74, 6) is 1.34. The molecule has 1 aliphatic rings. The molecule has 0 atom stereocenters. The number of aromatic nitrogens is 1. The predicted molar refractivity (Wildman–Crippen MR) is 106 cm³/mol. The molecule has 0 radical (unpaired) electrons. The number of carbonyl (C=O) groups is 1.